The number of para-hydroxylation sites is 1. The molecule has 0 bridgehead atoms. The molecular weight excluding hydrogens is 384 g/mol. The molecule has 0 atom stereocenters. The summed E-state index contributed by atoms with van der Waals surface area (Å²) in [4.78, 5) is 10.3. The first-order chi connectivity index (χ1) is 13.9. The fraction of sp³-hybridized carbons (Fsp3) is 0.190. The first kappa shape index (κ1) is 18.9. The smallest absolute Gasteiger partial charge is 0.325 e. The van der Waals surface area contributed by atoms with Crippen molar-refractivity contribution in [2.24, 2.45) is 0 Å². The highest BCUT2D eigenvalue weighted by Gasteiger charge is 2.34. The van der Waals surface area contributed by atoms with E-state index in [0.717, 1.165) is 29.8 Å². The van der Waals surface area contributed by atoms with Gasteiger partial charge >= 0.3 is 6.18 Å². The van der Waals surface area contributed by atoms with Crippen molar-refractivity contribution in [1.82, 2.24) is 9.97 Å². The number of nitrogens with zero attached hydrogens (tertiary/aromatic N) is 4. The number of fused-ring (bicyclic) bond motifs is 1. The average molecular weight is 398 g/mol. The third-order valence-corrected chi connectivity index (χ3v) is 4.82. The summed E-state index contributed by atoms with van der Waals surface area (Å²) < 4.78 is 52.4. The molecule has 2 aromatic carbocycles. The Morgan fingerprint density at radius 2 is 1.93 bits per heavy atom. The van der Waals surface area contributed by atoms with Crippen molar-refractivity contribution in [2.45, 2.75) is 19.0 Å². The molecule has 0 spiro atoms. The van der Waals surface area contributed by atoms with Crippen LogP contribution in [-0.4, -0.2) is 16.5 Å². The zero-order valence-corrected chi connectivity index (χ0v) is 15.0. The van der Waals surface area contributed by atoms with Crippen molar-refractivity contribution in [2.75, 3.05) is 11.4 Å². The number of halogens is 4. The topological polar surface area (TPSA) is 52.8 Å². The van der Waals surface area contributed by atoms with Crippen LogP contribution < -0.4 is 4.90 Å². The third kappa shape index (κ3) is 3.63. The lowest BCUT2D eigenvalue weighted by Gasteiger charge is -2.21. The number of rotatable bonds is 3. The first-order valence-electron chi connectivity index (χ1n) is 8.84. The van der Waals surface area contributed by atoms with Crippen LogP contribution in [0.2, 0.25) is 0 Å². The average Bonchev–Trinajstić information content (AvgIpc) is 3.11. The maximum Gasteiger partial charge on any atom is 0.419 e. The van der Waals surface area contributed by atoms with E-state index in [1.165, 1.54) is 12.3 Å². The van der Waals surface area contributed by atoms with Crippen molar-refractivity contribution in [3.63, 3.8) is 0 Å². The summed E-state index contributed by atoms with van der Waals surface area (Å²) in [7, 11) is 0. The molecule has 0 saturated heterocycles. The van der Waals surface area contributed by atoms with Crippen LogP contribution in [0.15, 0.2) is 48.7 Å². The molecule has 3 aromatic rings. The van der Waals surface area contributed by atoms with Crippen LogP contribution in [0, 0.1) is 17.1 Å². The molecule has 0 fully saturated rings. The molecule has 0 radical (unpaired) electrons. The fourth-order valence-corrected chi connectivity index (χ4v) is 3.49. The lowest BCUT2D eigenvalue weighted by Crippen LogP contribution is -2.18. The van der Waals surface area contributed by atoms with E-state index in [0.29, 0.717) is 23.5 Å². The molecular formula is C21H14F4N4. The van der Waals surface area contributed by atoms with Gasteiger partial charge in [0.15, 0.2) is 0 Å². The Hall–Kier alpha value is -3.47. The predicted octanol–water partition coefficient (Wildman–Crippen LogP) is 4.79. The first-order valence-corrected chi connectivity index (χ1v) is 8.84. The number of hydrogen-bond acceptors (Lipinski definition) is 4. The highest BCUT2D eigenvalue weighted by Crippen LogP contribution is 2.36. The van der Waals surface area contributed by atoms with Crippen LogP contribution in [0.3, 0.4) is 0 Å². The number of benzene rings is 2. The molecule has 1 aliphatic rings. The van der Waals surface area contributed by atoms with Gasteiger partial charge in [-0.05, 0) is 35.7 Å². The van der Waals surface area contributed by atoms with E-state index < -0.39 is 17.6 Å². The summed E-state index contributed by atoms with van der Waals surface area (Å²) in [6.07, 6.45) is -2.34. The maximum atomic E-state index is 14.0. The highest BCUT2D eigenvalue weighted by molar-refractivity contribution is 5.69. The van der Waals surface area contributed by atoms with Crippen molar-refractivity contribution in [3.8, 4) is 6.07 Å². The maximum absolute atomic E-state index is 14.0. The lowest BCUT2D eigenvalue weighted by atomic mass is 10.0. The monoisotopic (exact) mass is 398 g/mol. The number of alkyl halides is 3. The Bertz CT molecular complexity index is 1120. The zero-order chi connectivity index (χ0) is 20.6. The van der Waals surface area contributed by atoms with E-state index in [1.54, 1.807) is 0 Å². The Labute approximate surface area is 164 Å². The molecule has 4 rings (SSSR count). The second-order valence-electron chi connectivity index (χ2n) is 6.67. The molecule has 2 heterocycles. The summed E-state index contributed by atoms with van der Waals surface area (Å²) in [5, 5.41) is 9.17. The van der Waals surface area contributed by atoms with Gasteiger partial charge in [0.2, 0.25) is 5.82 Å². The Balaban J connectivity index is 1.73. The Morgan fingerprint density at radius 1 is 1.14 bits per heavy atom. The SMILES string of the molecule is N#Cc1ncc(Cc2ccc(C(F)(F)F)c(F)c2)c(N2CCc3ccccc32)n1. The van der Waals surface area contributed by atoms with Crippen molar-refractivity contribution >= 4 is 11.5 Å². The van der Waals surface area contributed by atoms with Crippen molar-refractivity contribution < 1.29 is 17.6 Å². The zero-order valence-electron chi connectivity index (χ0n) is 15.0. The summed E-state index contributed by atoms with van der Waals surface area (Å²) in [5.74, 6) is -0.828. The molecule has 8 heteroatoms. The van der Waals surface area contributed by atoms with Gasteiger partial charge in [-0.15, -0.1) is 0 Å². The predicted molar refractivity (Wildman–Crippen MR) is 98.1 cm³/mol. The van der Waals surface area contributed by atoms with E-state index in [4.69, 9.17) is 0 Å². The van der Waals surface area contributed by atoms with Gasteiger partial charge in [0, 0.05) is 30.4 Å². The molecule has 4 nitrogen and oxygen atoms in total. The van der Waals surface area contributed by atoms with Crippen molar-refractivity contribution in [3.05, 3.63) is 82.6 Å². The molecule has 146 valence electrons. The molecule has 0 amide bonds. The number of nitriles is 1. The second kappa shape index (κ2) is 7.17. The Kier molecular flexibility index (Phi) is 4.66. The third-order valence-electron chi connectivity index (χ3n) is 4.82. The van der Waals surface area contributed by atoms with Crippen LogP contribution in [-0.2, 0) is 19.0 Å². The van der Waals surface area contributed by atoms with E-state index in [2.05, 4.69) is 9.97 Å². The minimum atomic E-state index is -4.75. The fourth-order valence-electron chi connectivity index (χ4n) is 3.49. The van der Waals surface area contributed by atoms with E-state index >= 15 is 0 Å². The second-order valence-corrected chi connectivity index (χ2v) is 6.67. The van der Waals surface area contributed by atoms with E-state index in [-0.39, 0.29) is 12.2 Å². The molecule has 0 N–H and O–H groups in total. The molecule has 0 unspecified atom stereocenters. The van der Waals surface area contributed by atoms with Gasteiger partial charge in [-0.2, -0.15) is 18.4 Å². The minimum Gasteiger partial charge on any atom is -0.325 e. The number of aromatic nitrogens is 2. The number of anilines is 2. The van der Waals surface area contributed by atoms with Crippen LogP contribution in [0.5, 0.6) is 0 Å². The van der Waals surface area contributed by atoms with Crippen LogP contribution >= 0.6 is 0 Å². The van der Waals surface area contributed by atoms with Gasteiger partial charge in [-0.25, -0.2) is 14.4 Å². The molecule has 29 heavy (non-hydrogen) atoms. The molecule has 1 aromatic heterocycles. The molecule has 1 aliphatic heterocycles. The summed E-state index contributed by atoms with van der Waals surface area (Å²) >= 11 is 0. The van der Waals surface area contributed by atoms with Crippen molar-refractivity contribution in [1.29, 1.82) is 5.26 Å². The summed E-state index contributed by atoms with van der Waals surface area (Å²) in [6, 6.07) is 12.5. The van der Waals surface area contributed by atoms with Crippen LogP contribution in [0.1, 0.15) is 28.1 Å². The van der Waals surface area contributed by atoms with E-state index in [9.17, 15) is 22.8 Å². The minimum absolute atomic E-state index is 0.00766. The normalized spacial score (nSPS) is 13.3. The van der Waals surface area contributed by atoms with Gasteiger partial charge in [0.05, 0.1) is 5.56 Å². The van der Waals surface area contributed by atoms with Crippen LogP contribution in [0.4, 0.5) is 29.1 Å². The standard InChI is InChI=1S/C21H14F4N4/c22-17-10-13(5-6-16(17)21(23,24)25)9-15-12-27-19(11-26)28-20(15)29-8-7-14-3-1-2-4-18(14)29/h1-6,10,12H,7-9H2. The molecule has 0 saturated carbocycles. The van der Waals surface area contributed by atoms with Crippen LogP contribution in [0.25, 0.3) is 0 Å². The van der Waals surface area contributed by atoms with Gasteiger partial charge < -0.3 is 4.90 Å². The number of hydrogen-bond donors (Lipinski definition) is 0. The summed E-state index contributed by atoms with van der Waals surface area (Å²) in [6.45, 7) is 0.648. The lowest BCUT2D eigenvalue weighted by molar-refractivity contribution is -0.140. The van der Waals surface area contributed by atoms with Gasteiger partial charge in [0.1, 0.15) is 17.7 Å². The van der Waals surface area contributed by atoms with E-state index in [1.807, 2.05) is 35.2 Å². The summed E-state index contributed by atoms with van der Waals surface area (Å²) in [5.41, 5.74) is 1.74. The van der Waals surface area contributed by atoms with Gasteiger partial charge in [-0.3, -0.25) is 0 Å². The highest BCUT2D eigenvalue weighted by atomic mass is 19.4. The molecule has 0 aliphatic carbocycles. The quantitative estimate of drug-likeness (QED) is 0.596. The van der Waals surface area contributed by atoms with Gasteiger partial charge in [-0.1, -0.05) is 24.3 Å². The Morgan fingerprint density at radius 3 is 2.66 bits per heavy atom. The largest absolute Gasteiger partial charge is 0.419 e. The van der Waals surface area contributed by atoms with Gasteiger partial charge in [0.25, 0.3) is 0 Å².